The molecule has 2 rings (SSSR count). The average Bonchev–Trinajstić information content (AvgIpc) is 2.88. The molecule has 5 heteroatoms. The summed E-state index contributed by atoms with van der Waals surface area (Å²) in [6, 6.07) is 9.93. The van der Waals surface area contributed by atoms with Crippen LogP contribution in [0.2, 0.25) is 0 Å². The van der Waals surface area contributed by atoms with Crippen molar-refractivity contribution in [2.45, 2.75) is 13.5 Å². The third-order valence-electron chi connectivity index (χ3n) is 2.67. The lowest BCUT2D eigenvalue weighted by Crippen LogP contribution is -2.29. The van der Waals surface area contributed by atoms with Crippen molar-refractivity contribution in [2.75, 3.05) is 11.9 Å². The Morgan fingerprint density at radius 3 is 2.89 bits per heavy atom. The fraction of sp³-hybridized carbons (Fsp3) is 0.214. The first-order valence-corrected chi connectivity index (χ1v) is 7.61. The molecule has 2 N–H and O–H groups in total. The number of carbonyl (C=O) groups is 1. The molecular weight excluding hydrogens is 324 g/mol. The molecule has 0 aliphatic rings. The van der Waals surface area contributed by atoms with Crippen LogP contribution < -0.4 is 10.6 Å². The van der Waals surface area contributed by atoms with Gasteiger partial charge < -0.3 is 10.6 Å². The number of rotatable bonds is 5. The SMILES string of the molecule is Cc1cc(Br)ccc1NCC(=O)NCc1cccs1. The number of amides is 1. The Labute approximate surface area is 125 Å². The molecule has 0 atom stereocenters. The van der Waals surface area contributed by atoms with Crippen molar-refractivity contribution in [1.82, 2.24) is 5.32 Å². The highest BCUT2D eigenvalue weighted by atomic mass is 79.9. The topological polar surface area (TPSA) is 41.1 Å². The van der Waals surface area contributed by atoms with E-state index in [0.29, 0.717) is 6.54 Å². The van der Waals surface area contributed by atoms with Crippen LogP contribution in [0.5, 0.6) is 0 Å². The van der Waals surface area contributed by atoms with Crippen molar-refractivity contribution in [3.8, 4) is 0 Å². The predicted octanol–water partition coefficient (Wildman–Crippen LogP) is 3.55. The second kappa shape index (κ2) is 6.73. The molecule has 0 spiro atoms. The number of benzene rings is 1. The molecule has 1 aromatic carbocycles. The number of hydrogen-bond donors (Lipinski definition) is 2. The third-order valence-corrected chi connectivity index (χ3v) is 4.04. The zero-order valence-electron chi connectivity index (χ0n) is 10.6. The lowest BCUT2D eigenvalue weighted by Gasteiger charge is -2.10. The first-order chi connectivity index (χ1) is 9.15. The smallest absolute Gasteiger partial charge is 0.239 e. The first-order valence-electron chi connectivity index (χ1n) is 5.94. The summed E-state index contributed by atoms with van der Waals surface area (Å²) in [7, 11) is 0. The summed E-state index contributed by atoms with van der Waals surface area (Å²) in [5, 5.41) is 8.03. The van der Waals surface area contributed by atoms with Gasteiger partial charge in [-0.05, 0) is 42.1 Å². The van der Waals surface area contributed by atoms with E-state index in [9.17, 15) is 4.79 Å². The standard InChI is InChI=1S/C14H15BrN2OS/c1-10-7-11(15)4-5-13(10)16-9-14(18)17-8-12-3-2-6-19-12/h2-7,16H,8-9H2,1H3,(H,17,18). The summed E-state index contributed by atoms with van der Waals surface area (Å²) in [6.45, 7) is 2.89. The lowest BCUT2D eigenvalue weighted by atomic mass is 10.2. The highest BCUT2D eigenvalue weighted by molar-refractivity contribution is 9.10. The average molecular weight is 339 g/mol. The van der Waals surface area contributed by atoms with Crippen molar-refractivity contribution >= 4 is 38.9 Å². The van der Waals surface area contributed by atoms with Crippen LogP contribution in [0.3, 0.4) is 0 Å². The van der Waals surface area contributed by atoms with Crippen molar-refractivity contribution < 1.29 is 4.79 Å². The van der Waals surface area contributed by atoms with E-state index in [0.717, 1.165) is 20.6 Å². The molecule has 0 aliphatic carbocycles. The minimum absolute atomic E-state index is 0.00396. The van der Waals surface area contributed by atoms with Gasteiger partial charge in [0.2, 0.25) is 5.91 Å². The van der Waals surface area contributed by atoms with Gasteiger partial charge in [-0.15, -0.1) is 11.3 Å². The molecule has 0 saturated carbocycles. The van der Waals surface area contributed by atoms with E-state index in [1.807, 2.05) is 42.6 Å². The van der Waals surface area contributed by atoms with E-state index in [1.54, 1.807) is 11.3 Å². The van der Waals surface area contributed by atoms with E-state index in [1.165, 1.54) is 0 Å². The Morgan fingerprint density at radius 2 is 2.21 bits per heavy atom. The normalized spacial score (nSPS) is 10.2. The van der Waals surface area contributed by atoms with Crippen molar-refractivity contribution in [2.24, 2.45) is 0 Å². The zero-order chi connectivity index (χ0) is 13.7. The Kier molecular flexibility index (Phi) is 4.99. The van der Waals surface area contributed by atoms with Crippen LogP contribution >= 0.6 is 27.3 Å². The molecule has 19 heavy (non-hydrogen) atoms. The summed E-state index contributed by atoms with van der Waals surface area (Å²) in [5.74, 6) is -0.00396. The minimum atomic E-state index is -0.00396. The van der Waals surface area contributed by atoms with Gasteiger partial charge in [-0.3, -0.25) is 4.79 Å². The highest BCUT2D eigenvalue weighted by Gasteiger charge is 2.03. The third kappa shape index (κ3) is 4.36. The molecule has 1 aromatic heterocycles. The fourth-order valence-corrected chi connectivity index (χ4v) is 2.78. The summed E-state index contributed by atoms with van der Waals surface area (Å²) in [6.07, 6.45) is 0. The lowest BCUT2D eigenvalue weighted by molar-refractivity contribution is -0.119. The summed E-state index contributed by atoms with van der Waals surface area (Å²) >= 11 is 5.06. The molecule has 100 valence electrons. The summed E-state index contributed by atoms with van der Waals surface area (Å²) in [5.41, 5.74) is 2.09. The van der Waals surface area contributed by atoms with Gasteiger partial charge in [0.25, 0.3) is 0 Å². The molecule has 1 amide bonds. The van der Waals surface area contributed by atoms with Crippen LogP contribution in [-0.2, 0) is 11.3 Å². The second-order valence-electron chi connectivity index (χ2n) is 4.17. The first kappa shape index (κ1) is 14.1. The molecule has 0 aliphatic heterocycles. The number of aryl methyl sites for hydroxylation is 1. The Morgan fingerprint density at radius 1 is 1.37 bits per heavy atom. The number of thiophene rings is 1. The molecule has 0 fully saturated rings. The molecule has 0 saturated heterocycles. The Hall–Kier alpha value is -1.33. The van der Waals surface area contributed by atoms with E-state index in [4.69, 9.17) is 0 Å². The molecule has 0 radical (unpaired) electrons. The fourth-order valence-electron chi connectivity index (χ4n) is 1.66. The second-order valence-corrected chi connectivity index (χ2v) is 6.12. The molecule has 1 heterocycles. The van der Waals surface area contributed by atoms with Gasteiger partial charge in [0, 0.05) is 15.0 Å². The number of halogens is 1. The van der Waals surface area contributed by atoms with Gasteiger partial charge in [-0.2, -0.15) is 0 Å². The largest absolute Gasteiger partial charge is 0.376 e. The van der Waals surface area contributed by atoms with E-state index in [2.05, 4.69) is 26.6 Å². The predicted molar refractivity (Wildman–Crippen MR) is 83.5 cm³/mol. The Balaban J connectivity index is 1.80. The van der Waals surface area contributed by atoms with Crippen LogP contribution in [0.4, 0.5) is 5.69 Å². The maximum Gasteiger partial charge on any atom is 0.239 e. The molecular formula is C14H15BrN2OS. The number of nitrogens with one attached hydrogen (secondary N) is 2. The van der Waals surface area contributed by atoms with Gasteiger partial charge in [-0.1, -0.05) is 22.0 Å². The quantitative estimate of drug-likeness (QED) is 0.875. The summed E-state index contributed by atoms with van der Waals surface area (Å²) in [4.78, 5) is 12.9. The van der Waals surface area contributed by atoms with Gasteiger partial charge in [-0.25, -0.2) is 0 Å². The zero-order valence-corrected chi connectivity index (χ0v) is 13.0. The van der Waals surface area contributed by atoms with Gasteiger partial charge >= 0.3 is 0 Å². The maximum atomic E-state index is 11.7. The number of hydrogen-bond acceptors (Lipinski definition) is 3. The van der Waals surface area contributed by atoms with Crippen molar-refractivity contribution in [1.29, 1.82) is 0 Å². The molecule has 0 bridgehead atoms. The van der Waals surface area contributed by atoms with E-state index < -0.39 is 0 Å². The van der Waals surface area contributed by atoms with Crippen molar-refractivity contribution in [3.05, 3.63) is 50.6 Å². The number of carbonyl (C=O) groups excluding carboxylic acids is 1. The van der Waals surface area contributed by atoms with Crippen LogP contribution in [0.25, 0.3) is 0 Å². The maximum absolute atomic E-state index is 11.7. The van der Waals surface area contributed by atoms with Crippen LogP contribution in [0, 0.1) is 6.92 Å². The van der Waals surface area contributed by atoms with Crippen molar-refractivity contribution in [3.63, 3.8) is 0 Å². The van der Waals surface area contributed by atoms with E-state index in [-0.39, 0.29) is 12.5 Å². The van der Waals surface area contributed by atoms with Gasteiger partial charge in [0.05, 0.1) is 13.1 Å². The number of anilines is 1. The minimum Gasteiger partial charge on any atom is -0.376 e. The Bertz CT molecular complexity index is 555. The van der Waals surface area contributed by atoms with Gasteiger partial charge in [0.15, 0.2) is 0 Å². The molecule has 0 unspecified atom stereocenters. The molecule has 2 aromatic rings. The summed E-state index contributed by atoms with van der Waals surface area (Å²) < 4.78 is 1.04. The monoisotopic (exact) mass is 338 g/mol. The van der Waals surface area contributed by atoms with E-state index >= 15 is 0 Å². The van der Waals surface area contributed by atoms with Crippen LogP contribution in [-0.4, -0.2) is 12.5 Å². The van der Waals surface area contributed by atoms with Crippen LogP contribution in [0.15, 0.2) is 40.2 Å². The molecule has 3 nitrogen and oxygen atoms in total. The van der Waals surface area contributed by atoms with Gasteiger partial charge in [0.1, 0.15) is 0 Å². The highest BCUT2D eigenvalue weighted by Crippen LogP contribution is 2.19. The van der Waals surface area contributed by atoms with Crippen LogP contribution in [0.1, 0.15) is 10.4 Å².